The van der Waals surface area contributed by atoms with Gasteiger partial charge in [-0.25, -0.2) is 13.1 Å². The van der Waals surface area contributed by atoms with Crippen LogP contribution in [-0.2, 0) is 26.5 Å². The average Bonchev–Trinajstić information content (AvgIpc) is 2.67. The van der Waals surface area contributed by atoms with Gasteiger partial charge in [0.2, 0.25) is 10.0 Å². The largest absolute Gasteiger partial charge is 0.355 e. The summed E-state index contributed by atoms with van der Waals surface area (Å²) < 4.78 is 36.9. The van der Waals surface area contributed by atoms with Crippen molar-refractivity contribution in [3.05, 3.63) is 12.4 Å². The van der Waals surface area contributed by atoms with E-state index < -0.39 is 16.3 Å². The zero-order valence-corrected chi connectivity index (χ0v) is 10.2. The predicted molar refractivity (Wildman–Crippen MR) is 56.2 cm³/mol. The number of sulfonamides is 1. The first-order valence-electron chi connectivity index (χ1n) is 4.53. The molecule has 1 rings (SSSR count). The Morgan fingerprint density at radius 1 is 1.50 bits per heavy atom. The lowest BCUT2D eigenvalue weighted by atomic mass is 10.6. The van der Waals surface area contributed by atoms with Crippen molar-refractivity contribution in [3.8, 4) is 0 Å². The molecule has 0 amide bonds. The highest BCUT2D eigenvalue weighted by Gasteiger charge is 2.17. The molecule has 0 atom stereocenters. The molecule has 0 saturated heterocycles. The van der Waals surface area contributed by atoms with Crippen LogP contribution in [0.4, 0.5) is 0 Å². The fraction of sp³-hybridized carbons (Fsp3) is 0.625. The molecule has 0 saturated carbocycles. The summed E-state index contributed by atoms with van der Waals surface area (Å²) in [4.78, 5) is 0.112. The number of hydrogen-bond donors (Lipinski definition) is 1. The number of rotatable bonds is 6. The topological polar surface area (TPSA) is 82.5 Å². The van der Waals surface area contributed by atoms with Crippen LogP contribution in [0.3, 0.4) is 0 Å². The number of aryl methyl sites for hydroxylation is 1. The van der Waals surface area contributed by atoms with Crippen molar-refractivity contribution in [3.63, 3.8) is 0 Å². The molecule has 0 unspecified atom stereocenters. The van der Waals surface area contributed by atoms with E-state index in [2.05, 4.69) is 9.82 Å². The molecule has 0 aliphatic rings. The van der Waals surface area contributed by atoms with Crippen LogP contribution < -0.4 is 4.72 Å². The Kier molecular flexibility index (Phi) is 4.42. The molecule has 16 heavy (non-hydrogen) atoms. The summed E-state index contributed by atoms with van der Waals surface area (Å²) in [6, 6.07) is 0. The van der Waals surface area contributed by atoms with Gasteiger partial charge in [-0.1, -0.05) is 0 Å². The van der Waals surface area contributed by atoms with Gasteiger partial charge in [0.05, 0.1) is 12.7 Å². The third-order valence-corrected chi connectivity index (χ3v) is 3.34. The van der Waals surface area contributed by atoms with Crippen molar-refractivity contribution in [2.45, 2.75) is 11.2 Å². The van der Waals surface area contributed by atoms with Gasteiger partial charge in [-0.3, -0.25) is 4.68 Å². The third-order valence-electron chi connectivity index (χ3n) is 1.96. The Labute approximate surface area is 94.4 Å². The molecule has 0 spiro atoms. The van der Waals surface area contributed by atoms with Gasteiger partial charge < -0.3 is 9.47 Å². The van der Waals surface area contributed by atoms with Gasteiger partial charge in [-0.15, -0.1) is 0 Å². The highest BCUT2D eigenvalue weighted by molar-refractivity contribution is 7.89. The molecule has 92 valence electrons. The number of aromatic nitrogens is 2. The lowest BCUT2D eigenvalue weighted by Crippen LogP contribution is -2.34. The molecule has 0 aliphatic heterocycles. The summed E-state index contributed by atoms with van der Waals surface area (Å²) in [6.07, 6.45) is 2.08. The SMILES string of the molecule is COC(CNS(=O)(=O)c1cnn(C)c1)OC. The monoisotopic (exact) mass is 249 g/mol. The summed E-state index contributed by atoms with van der Waals surface area (Å²) in [5.74, 6) is 0. The molecule has 1 aromatic heterocycles. The molecule has 1 N–H and O–H groups in total. The fourth-order valence-electron chi connectivity index (χ4n) is 1.06. The first-order valence-corrected chi connectivity index (χ1v) is 6.02. The minimum Gasteiger partial charge on any atom is -0.355 e. The van der Waals surface area contributed by atoms with Gasteiger partial charge in [-0.2, -0.15) is 5.10 Å². The number of hydrogen-bond acceptors (Lipinski definition) is 5. The van der Waals surface area contributed by atoms with E-state index >= 15 is 0 Å². The van der Waals surface area contributed by atoms with Crippen LogP contribution >= 0.6 is 0 Å². The zero-order chi connectivity index (χ0) is 12.2. The molecule has 0 aromatic carbocycles. The smallest absolute Gasteiger partial charge is 0.243 e. The normalized spacial score (nSPS) is 12.2. The summed E-state index contributed by atoms with van der Waals surface area (Å²) in [6.45, 7) is 0.0459. The van der Waals surface area contributed by atoms with Crippen LogP contribution in [0.15, 0.2) is 17.3 Å². The van der Waals surface area contributed by atoms with Crippen molar-refractivity contribution in [1.82, 2.24) is 14.5 Å². The number of nitrogens with one attached hydrogen (secondary N) is 1. The standard InChI is InChI=1S/C8H15N3O4S/c1-11-6-7(4-9-11)16(12,13)10-5-8(14-2)15-3/h4,6,8,10H,5H2,1-3H3. The van der Waals surface area contributed by atoms with Gasteiger partial charge in [0.15, 0.2) is 6.29 Å². The number of ether oxygens (including phenoxy) is 2. The Bertz CT molecular complexity index is 424. The Morgan fingerprint density at radius 2 is 2.12 bits per heavy atom. The Morgan fingerprint density at radius 3 is 2.56 bits per heavy atom. The lowest BCUT2D eigenvalue weighted by Gasteiger charge is -2.13. The summed E-state index contributed by atoms with van der Waals surface area (Å²) >= 11 is 0. The lowest BCUT2D eigenvalue weighted by molar-refractivity contribution is -0.0960. The fourth-order valence-corrected chi connectivity index (χ4v) is 2.06. The second-order valence-electron chi connectivity index (χ2n) is 3.10. The number of nitrogens with zero attached hydrogens (tertiary/aromatic N) is 2. The Hall–Kier alpha value is -0.960. The molecule has 0 radical (unpaired) electrons. The molecule has 7 nitrogen and oxygen atoms in total. The quantitative estimate of drug-likeness (QED) is 0.675. The van der Waals surface area contributed by atoms with Gasteiger partial charge in [-0.05, 0) is 0 Å². The van der Waals surface area contributed by atoms with Crippen LogP contribution in [0.25, 0.3) is 0 Å². The summed E-state index contributed by atoms with van der Waals surface area (Å²) in [5, 5.41) is 3.79. The predicted octanol–water partition coefficient (Wildman–Crippen LogP) is -0.683. The molecule has 0 bridgehead atoms. The van der Waals surface area contributed by atoms with Crippen molar-refractivity contribution >= 4 is 10.0 Å². The molecular weight excluding hydrogens is 234 g/mol. The highest BCUT2D eigenvalue weighted by atomic mass is 32.2. The van der Waals surface area contributed by atoms with E-state index in [1.807, 2.05) is 0 Å². The maximum Gasteiger partial charge on any atom is 0.243 e. The van der Waals surface area contributed by atoms with Gasteiger partial charge in [0.25, 0.3) is 0 Å². The van der Waals surface area contributed by atoms with Crippen LogP contribution in [0.1, 0.15) is 0 Å². The summed E-state index contributed by atoms with van der Waals surface area (Å²) in [5.41, 5.74) is 0. The van der Waals surface area contributed by atoms with E-state index in [1.54, 1.807) is 7.05 Å². The number of methoxy groups -OCH3 is 2. The molecule has 0 aliphatic carbocycles. The van der Waals surface area contributed by atoms with E-state index in [0.29, 0.717) is 0 Å². The van der Waals surface area contributed by atoms with Crippen molar-refractivity contribution in [2.24, 2.45) is 7.05 Å². The van der Waals surface area contributed by atoms with E-state index in [9.17, 15) is 8.42 Å². The zero-order valence-electron chi connectivity index (χ0n) is 9.37. The van der Waals surface area contributed by atoms with Gasteiger partial charge in [0, 0.05) is 27.5 Å². The second-order valence-corrected chi connectivity index (χ2v) is 4.87. The average molecular weight is 249 g/mol. The van der Waals surface area contributed by atoms with Crippen molar-refractivity contribution < 1.29 is 17.9 Å². The van der Waals surface area contributed by atoms with Gasteiger partial charge >= 0.3 is 0 Å². The van der Waals surface area contributed by atoms with Crippen molar-refractivity contribution in [2.75, 3.05) is 20.8 Å². The van der Waals surface area contributed by atoms with Crippen LogP contribution in [0.2, 0.25) is 0 Å². The minimum absolute atomic E-state index is 0.0459. The molecule has 8 heteroatoms. The van der Waals surface area contributed by atoms with E-state index in [0.717, 1.165) is 0 Å². The molecule has 1 aromatic rings. The van der Waals surface area contributed by atoms with E-state index in [-0.39, 0.29) is 11.4 Å². The minimum atomic E-state index is -3.55. The molecule has 0 fully saturated rings. The first-order chi connectivity index (χ1) is 7.49. The first kappa shape index (κ1) is 13.1. The molecule has 1 heterocycles. The van der Waals surface area contributed by atoms with E-state index in [1.165, 1.54) is 31.3 Å². The van der Waals surface area contributed by atoms with E-state index in [4.69, 9.17) is 9.47 Å². The van der Waals surface area contributed by atoms with Crippen molar-refractivity contribution in [1.29, 1.82) is 0 Å². The third kappa shape index (κ3) is 3.27. The molecular formula is C8H15N3O4S. The van der Waals surface area contributed by atoms with Crippen LogP contribution in [-0.4, -0.2) is 45.3 Å². The van der Waals surface area contributed by atoms with Crippen LogP contribution in [0.5, 0.6) is 0 Å². The highest BCUT2D eigenvalue weighted by Crippen LogP contribution is 2.05. The summed E-state index contributed by atoms with van der Waals surface area (Å²) in [7, 11) is 0.971. The maximum atomic E-state index is 11.7. The van der Waals surface area contributed by atoms with Crippen LogP contribution in [0, 0.1) is 0 Å². The maximum absolute atomic E-state index is 11.7. The second kappa shape index (κ2) is 5.39. The van der Waals surface area contributed by atoms with Gasteiger partial charge in [0.1, 0.15) is 4.90 Å². The Balaban J connectivity index is 2.66.